The maximum Gasteiger partial charge on any atom is 0.318 e. The number of fused-ring (bicyclic) bond motifs is 8. The number of aryl methyl sites for hydroxylation is 2. The zero-order valence-electron chi connectivity index (χ0n) is 58.3. The predicted molar refractivity (Wildman–Crippen MR) is 395 cm³/mol. The topological polar surface area (TPSA) is 202 Å². The van der Waals surface area contributed by atoms with Gasteiger partial charge in [0.05, 0.1) is 28.1 Å². The second-order valence-electron chi connectivity index (χ2n) is 27.8. The summed E-state index contributed by atoms with van der Waals surface area (Å²) in [6.07, 6.45) is 18.4. The average Bonchev–Trinajstić information content (AvgIpc) is 1.67. The molecule has 0 aromatic heterocycles. The van der Waals surface area contributed by atoms with E-state index in [-0.39, 0.29) is 65.4 Å². The van der Waals surface area contributed by atoms with Crippen LogP contribution in [0.5, 0.6) is 0 Å². The molecule has 512 valence electrons. The van der Waals surface area contributed by atoms with Gasteiger partial charge in [0.25, 0.3) is 10.1 Å². The van der Waals surface area contributed by atoms with Gasteiger partial charge in [0.15, 0.2) is 17.3 Å². The number of nitrogens with one attached hydrogen (secondary N) is 2. The minimum atomic E-state index is -4.34. The number of Topliss-reactive ketones (excluding diaryl/α,β-unsaturated/α-hetero) is 3. The number of allylic oxidation sites excluding steroid dienone is 8. The second-order valence-corrected chi connectivity index (χ2v) is 29.2. The molecular weight excluding hydrogens is 1260 g/mol. The van der Waals surface area contributed by atoms with E-state index < -0.39 is 27.6 Å². The zero-order chi connectivity index (χ0) is 70.1. The SMILES string of the molecule is CCN=c1cc2oc3cc(NCC)c(C)cc3c(-c3ccccc3C(=O)CCCNC(=O)N3CCC[C@H]3C(=O)N3CCC[C@H]3C(=O)CC(=O)CCCCN3/C(=C/C=C/C=C/C=C/C4=[N+](C)c5ccc6cc(S(=O)(=O)O)ccc6c5C4(C)C)C(C)(C)c4c3ccc3ccccc43)c-2cc1C. The fraction of sp³-hybridized carbons (Fsp3) is 0.354. The van der Waals surface area contributed by atoms with Gasteiger partial charge in [-0.25, -0.2) is 4.79 Å². The molecule has 6 aromatic rings. The molecule has 0 bridgehead atoms. The van der Waals surface area contributed by atoms with Crippen molar-refractivity contribution in [2.24, 2.45) is 4.99 Å². The average molecular weight is 1350 g/mol. The molecule has 12 rings (SSSR count). The van der Waals surface area contributed by atoms with Gasteiger partial charge in [-0.15, -0.1) is 0 Å². The highest BCUT2D eigenvalue weighted by Gasteiger charge is 2.46. The number of hydrogen-bond donors (Lipinski definition) is 3. The Balaban J connectivity index is 0.645. The van der Waals surface area contributed by atoms with Gasteiger partial charge in [0.2, 0.25) is 11.6 Å². The van der Waals surface area contributed by atoms with E-state index in [0.29, 0.717) is 88.0 Å². The van der Waals surface area contributed by atoms with Crippen molar-refractivity contribution in [3.05, 3.63) is 197 Å². The first-order valence-electron chi connectivity index (χ1n) is 35.0. The van der Waals surface area contributed by atoms with Gasteiger partial charge in [-0.05, 0) is 173 Å². The molecule has 5 aliphatic heterocycles. The van der Waals surface area contributed by atoms with Gasteiger partial charge in [-0.2, -0.15) is 13.0 Å². The van der Waals surface area contributed by atoms with Crippen LogP contribution in [0, 0.1) is 13.8 Å². The third-order valence-electron chi connectivity index (χ3n) is 20.6. The Morgan fingerprint density at radius 3 is 2.23 bits per heavy atom. The molecule has 16 nitrogen and oxygen atoms in total. The number of urea groups is 1. The standard InChI is InChI=1S/C82H89N7O9S/c1-10-83-64-50-72-62(46-52(64)3)76(63-47-53(4)65(84-11-2)51-73(63)98-72)61-30-20-19-29-60(61)70(91)33-23-42-85-80(94)89-45-25-32-69(89)79(93)88-44-24-31-66(88)71(92)49-56(90)27-21-22-43-87-68-41-36-54-26-17-18-28-58(54)78(68)82(7,8)75(87)35-16-14-12-13-15-34-74-81(5,6)77-59-39-38-57(99(95,96)97)48-55(59)37-40-67(77)86(74)9/h12-20,26,28-30,34-41,46-48,50-51,66,69H,10-11,21-25,27,31-33,42-45,49H2,1-9H3,(H2-,83,84,85,94,95,96,97)/p+1/t66-,69-/m0/s1. The maximum atomic E-state index is 14.4. The van der Waals surface area contributed by atoms with Crippen LogP contribution in [0.4, 0.5) is 21.9 Å². The van der Waals surface area contributed by atoms with Crippen LogP contribution in [0.1, 0.15) is 138 Å². The molecule has 1 aliphatic carbocycles. The van der Waals surface area contributed by atoms with E-state index >= 15 is 0 Å². The largest absolute Gasteiger partial charge is 0.456 e. The first-order valence-corrected chi connectivity index (χ1v) is 36.4. The molecule has 0 radical (unpaired) electrons. The van der Waals surface area contributed by atoms with Crippen molar-refractivity contribution >= 4 is 94.7 Å². The molecule has 2 fully saturated rings. The van der Waals surface area contributed by atoms with Crippen LogP contribution in [-0.2, 0) is 35.3 Å². The first kappa shape index (κ1) is 69.3. The molecule has 2 atom stereocenters. The Morgan fingerprint density at radius 2 is 1.44 bits per heavy atom. The number of amides is 3. The number of nitrogens with zero attached hydrogens (tertiary/aromatic N) is 5. The van der Waals surface area contributed by atoms with Crippen LogP contribution >= 0.6 is 0 Å². The fourth-order valence-electron chi connectivity index (χ4n) is 15.8. The van der Waals surface area contributed by atoms with Crippen LogP contribution in [0.15, 0.2) is 178 Å². The number of rotatable bonds is 23. The summed E-state index contributed by atoms with van der Waals surface area (Å²) < 4.78 is 42.3. The minimum absolute atomic E-state index is 0.0589. The van der Waals surface area contributed by atoms with Crippen molar-refractivity contribution in [3.63, 3.8) is 0 Å². The lowest BCUT2D eigenvalue weighted by Gasteiger charge is -2.31. The Bertz CT molecular complexity index is 4890. The van der Waals surface area contributed by atoms with Crippen molar-refractivity contribution in [3.8, 4) is 22.5 Å². The van der Waals surface area contributed by atoms with E-state index in [1.165, 1.54) is 28.5 Å². The lowest BCUT2D eigenvalue weighted by Crippen LogP contribution is -2.53. The molecule has 0 unspecified atom stereocenters. The molecule has 0 saturated carbocycles. The van der Waals surface area contributed by atoms with E-state index in [0.717, 1.165) is 89.9 Å². The lowest BCUT2D eigenvalue weighted by atomic mass is 9.79. The summed E-state index contributed by atoms with van der Waals surface area (Å²) in [5, 5.41) is 12.2. The van der Waals surface area contributed by atoms with Gasteiger partial charge in [0, 0.05) is 127 Å². The van der Waals surface area contributed by atoms with E-state index in [1.807, 2.05) is 93.7 Å². The number of likely N-dealkylation sites (tertiary alicyclic amines) is 2. The highest BCUT2D eigenvalue weighted by molar-refractivity contribution is 7.85. The van der Waals surface area contributed by atoms with Gasteiger partial charge < -0.3 is 29.8 Å². The summed E-state index contributed by atoms with van der Waals surface area (Å²) in [4.78, 5) is 80.6. The fourth-order valence-corrected chi connectivity index (χ4v) is 16.3. The number of hydrogen-bond acceptors (Lipinski definition) is 11. The van der Waals surface area contributed by atoms with Gasteiger partial charge in [-0.1, -0.05) is 105 Å². The van der Waals surface area contributed by atoms with Gasteiger partial charge in [0.1, 0.15) is 30.2 Å². The molecule has 3 N–H and O–H groups in total. The van der Waals surface area contributed by atoms with Crippen molar-refractivity contribution < 1.29 is 45.9 Å². The number of ketones is 3. The minimum Gasteiger partial charge on any atom is -0.456 e. The normalized spacial score (nSPS) is 18.1. The monoisotopic (exact) mass is 1350 g/mol. The number of benzene rings is 7. The van der Waals surface area contributed by atoms with Crippen molar-refractivity contribution in [1.82, 2.24) is 15.1 Å². The third-order valence-corrected chi connectivity index (χ3v) is 21.4. The van der Waals surface area contributed by atoms with E-state index in [2.05, 4.69) is 128 Å². The number of anilines is 2. The summed E-state index contributed by atoms with van der Waals surface area (Å²) in [5.74, 6) is -0.0511. The van der Waals surface area contributed by atoms with Gasteiger partial charge in [-0.3, -0.25) is 28.7 Å². The van der Waals surface area contributed by atoms with E-state index in [9.17, 15) is 36.9 Å². The molecule has 3 amide bonds. The van der Waals surface area contributed by atoms with Crippen LogP contribution < -0.4 is 20.9 Å². The summed E-state index contributed by atoms with van der Waals surface area (Å²) >= 11 is 0. The second kappa shape index (κ2) is 28.7. The number of carbonyl (C=O) groups is 5. The highest BCUT2D eigenvalue weighted by atomic mass is 32.2. The van der Waals surface area contributed by atoms with Crippen molar-refractivity contribution in [1.29, 1.82) is 0 Å². The molecule has 6 aromatic carbocycles. The Morgan fingerprint density at radius 1 is 0.717 bits per heavy atom. The lowest BCUT2D eigenvalue weighted by molar-refractivity contribution is -0.401. The van der Waals surface area contributed by atoms with Crippen LogP contribution in [0.3, 0.4) is 0 Å². The Hall–Kier alpha value is -9.58. The van der Waals surface area contributed by atoms with Crippen molar-refractivity contribution in [2.45, 2.75) is 147 Å². The summed E-state index contributed by atoms with van der Waals surface area (Å²) in [5.41, 5.74) is 12.9. The summed E-state index contributed by atoms with van der Waals surface area (Å²) in [6.45, 7) is 20.0. The summed E-state index contributed by atoms with van der Waals surface area (Å²) in [6, 6.07) is 35.5. The van der Waals surface area contributed by atoms with Crippen LogP contribution in [-0.4, -0.2) is 121 Å². The Kier molecular flexibility index (Phi) is 20.1. The summed E-state index contributed by atoms with van der Waals surface area (Å²) in [7, 11) is -2.30. The van der Waals surface area contributed by atoms with Gasteiger partial charge >= 0.3 is 6.03 Å². The van der Waals surface area contributed by atoms with E-state index in [4.69, 9.17) is 9.41 Å². The molecule has 2 saturated heterocycles. The first-order chi connectivity index (χ1) is 47.5. The predicted octanol–water partition coefficient (Wildman–Crippen LogP) is 15.6. The maximum absolute atomic E-state index is 14.4. The van der Waals surface area contributed by atoms with Crippen molar-refractivity contribution in [2.75, 3.05) is 56.5 Å². The third kappa shape index (κ3) is 13.7. The quantitative estimate of drug-likeness (QED) is 0.0105. The number of carbonyl (C=O) groups excluding carboxylic acids is 5. The molecule has 17 heteroatoms. The zero-order valence-corrected chi connectivity index (χ0v) is 59.2. The molecule has 0 spiro atoms. The van der Waals surface area contributed by atoms with Crippen LogP contribution in [0.2, 0.25) is 0 Å². The van der Waals surface area contributed by atoms with E-state index in [1.54, 1.807) is 15.9 Å². The number of unbranched alkanes of at least 4 members (excludes halogenated alkanes) is 1. The molecule has 99 heavy (non-hydrogen) atoms. The molecule has 6 aliphatic rings. The molecular formula is C82H90N7O9S+. The van der Waals surface area contributed by atoms with Crippen LogP contribution in [0.25, 0.3) is 55.0 Å². The smallest absolute Gasteiger partial charge is 0.318 e. The highest BCUT2D eigenvalue weighted by Crippen LogP contribution is 2.51. The molecule has 5 heterocycles. The Labute approximate surface area is 580 Å².